The first kappa shape index (κ1) is 26.3. The van der Waals surface area contributed by atoms with E-state index >= 15 is 0 Å². The Balaban J connectivity index is 0. The van der Waals surface area contributed by atoms with Gasteiger partial charge in [-0.15, -0.1) is 0 Å². The van der Waals surface area contributed by atoms with Crippen LogP contribution >= 0.6 is 0 Å². The maximum atomic E-state index is 11.6. The van der Waals surface area contributed by atoms with Crippen LogP contribution in [0.1, 0.15) is 90.9 Å². The molecule has 0 heterocycles. The van der Waals surface area contributed by atoms with E-state index in [1.54, 1.807) is 0 Å². The normalized spacial score (nSPS) is 14.5. The van der Waals surface area contributed by atoms with Crippen LogP contribution in [0.2, 0.25) is 0 Å². The summed E-state index contributed by atoms with van der Waals surface area (Å²) in [6.45, 7) is 3.35. The van der Waals surface area contributed by atoms with E-state index in [4.69, 9.17) is 0 Å². The fourth-order valence-corrected chi connectivity index (χ4v) is 2.72. The molecule has 2 unspecified atom stereocenters. The molecule has 0 amide bonds. The summed E-state index contributed by atoms with van der Waals surface area (Å²) in [4.78, 5) is 22.6. The second-order valence-electron chi connectivity index (χ2n) is 6.47. The summed E-state index contributed by atoms with van der Waals surface area (Å²) < 4.78 is 0. The van der Waals surface area contributed by atoms with Gasteiger partial charge >= 0.3 is 29.6 Å². The van der Waals surface area contributed by atoms with E-state index in [0.29, 0.717) is 6.42 Å². The standard InChI is InChI=1S/C18H34O5.Na/c1-3-4-5-6-7-8-9-10-11-12-13-14-18(23,17(21)22)16(20)15(2)19;/h15,19,23H,3-14H2,1-2H3,(H,21,22);/q;+1/p-1. The quantitative estimate of drug-likeness (QED) is 0.227. The van der Waals surface area contributed by atoms with Crippen LogP contribution in [-0.4, -0.2) is 33.7 Å². The van der Waals surface area contributed by atoms with Gasteiger partial charge < -0.3 is 20.1 Å². The largest absolute Gasteiger partial charge is 1.00 e. The molecule has 6 heteroatoms. The summed E-state index contributed by atoms with van der Waals surface area (Å²) >= 11 is 0. The minimum Gasteiger partial charge on any atom is -0.547 e. The number of ketones is 1. The first-order chi connectivity index (χ1) is 10.9. The molecule has 0 aliphatic rings. The monoisotopic (exact) mass is 352 g/mol. The first-order valence-corrected chi connectivity index (χ1v) is 9.02. The number of aliphatic hydroxyl groups excluding tert-OH is 1. The molecule has 0 rings (SSSR count). The van der Waals surface area contributed by atoms with Crippen molar-refractivity contribution >= 4 is 11.8 Å². The molecule has 0 saturated carbocycles. The van der Waals surface area contributed by atoms with E-state index in [0.717, 1.165) is 26.2 Å². The van der Waals surface area contributed by atoms with E-state index < -0.39 is 23.5 Å². The number of carboxylic acids is 1. The van der Waals surface area contributed by atoms with Crippen LogP contribution in [0.25, 0.3) is 0 Å². The molecule has 0 spiro atoms. The van der Waals surface area contributed by atoms with Gasteiger partial charge in [0.15, 0.2) is 11.4 Å². The summed E-state index contributed by atoms with van der Waals surface area (Å²) in [6, 6.07) is 0. The average molecular weight is 352 g/mol. The van der Waals surface area contributed by atoms with Gasteiger partial charge in [-0.1, -0.05) is 71.1 Å². The Morgan fingerprint density at radius 2 is 1.29 bits per heavy atom. The van der Waals surface area contributed by atoms with Crippen LogP contribution < -0.4 is 34.7 Å². The maximum absolute atomic E-state index is 11.6. The molecule has 0 radical (unpaired) electrons. The molecule has 2 atom stereocenters. The Morgan fingerprint density at radius 3 is 1.62 bits per heavy atom. The molecule has 0 bridgehead atoms. The minimum atomic E-state index is -2.56. The summed E-state index contributed by atoms with van der Waals surface area (Å²) in [6.07, 6.45) is 10.4. The van der Waals surface area contributed by atoms with E-state index in [-0.39, 0.29) is 36.0 Å². The number of carboxylic acid groups (broad SMARTS) is 1. The minimum absolute atomic E-state index is 0. The molecule has 136 valence electrons. The van der Waals surface area contributed by atoms with E-state index in [9.17, 15) is 24.9 Å². The van der Waals surface area contributed by atoms with Gasteiger partial charge in [0.05, 0.1) is 5.97 Å². The molecule has 5 nitrogen and oxygen atoms in total. The van der Waals surface area contributed by atoms with Crippen molar-refractivity contribution in [2.45, 2.75) is 103 Å². The smallest absolute Gasteiger partial charge is 0.547 e. The Labute approximate surface area is 168 Å². The second kappa shape index (κ2) is 15.3. The molecule has 0 aromatic rings. The van der Waals surface area contributed by atoms with Crippen LogP contribution in [0.4, 0.5) is 0 Å². The second-order valence-corrected chi connectivity index (χ2v) is 6.47. The zero-order valence-corrected chi connectivity index (χ0v) is 17.7. The van der Waals surface area contributed by atoms with Gasteiger partial charge in [-0.05, 0) is 19.8 Å². The number of hydrogen-bond donors (Lipinski definition) is 2. The van der Waals surface area contributed by atoms with Crippen LogP contribution in [-0.2, 0) is 9.59 Å². The molecular formula is C18H33NaO5. The van der Waals surface area contributed by atoms with Crippen molar-refractivity contribution in [1.29, 1.82) is 0 Å². The SMILES string of the molecule is CCCCCCCCCCCCCC(O)(C(=O)[O-])C(=O)C(C)O.[Na+]. The van der Waals surface area contributed by atoms with Crippen LogP contribution in [0.3, 0.4) is 0 Å². The number of aliphatic carboxylic acids is 1. The molecular weight excluding hydrogens is 319 g/mol. The van der Waals surface area contributed by atoms with Crippen molar-refractivity contribution in [3.05, 3.63) is 0 Å². The van der Waals surface area contributed by atoms with E-state index in [2.05, 4.69) is 6.92 Å². The summed E-state index contributed by atoms with van der Waals surface area (Å²) in [5.74, 6) is -2.92. The molecule has 0 saturated heterocycles. The number of unbranched alkanes of at least 4 members (excludes halogenated alkanes) is 10. The van der Waals surface area contributed by atoms with Crippen molar-refractivity contribution in [2.75, 3.05) is 0 Å². The van der Waals surface area contributed by atoms with Gasteiger partial charge in [-0.25, -0.2) is 0 Å². The Morgan fingerprint density at radius 1 is 0.917 bits per heavy atom. The molecule has 0 aromatic heterocycles. The maximum Gasteiger partial charge on any atom is 1.00 e. The number of hydrogen-bond acceptors (Lipinski definition) is 5. The van der Waals surface area contributed by atoms with Crippen LogP contribution in [0.5, 0.6) is 0 Å². The summed E-state index contributed by atoms with van der Waals surface area (Å²) in [5.41, 5.74) is -2.56. The molecule has 2 N–H and O–H groups in total. The Bertz CT molecular complexity index is 346. The zero-order valence-electron chi connectivity index (χ0n) is 15.7. The third-order valence-corrected chi connectivity index (χ3v) is 4.27. The zero-order chi connectivity index (χ0) is 17.7. The van der Waals surface area contributed by atoms with Crippen LogP contribution in [0.15, 0.2) is 0 Å². The summed E-state index contributed by atoms with van der Waals surface area (Å²) in [5, 5.41) is 30.1. The molecule has 0 aliphatic heterocycles. The van der Waals surface area contributed by atoms with Gasteiger partial charge in [0.2, 0.25) is 0 Å². The topological polar surface area (TPSA) is 97.7 Å². The number of Topliss-reactive ketones (excluding diaryl/α,β-unsaturated/α-hetero) is 1. The molecule has 0 aromatic carbocycles. The van der Waals surface area contributed by atoms with Gasteiger partial charge in [0.1, 0.15) is 6.10 Å². The van der Waals surface area contributed by atoms with Crippen molar-refractivity contribution in [3.63, 3.8) is 0 Å². The van der Waals surface area contributed by atoms with Crippen molar-refractivity contribution in [3.8, 4) is 0 Å². The third kappa shape index (κ3) is 10.8. The van der Waals surface area contributed by atoms with Gasteiger partial charge in [-0.3, -0.25) is 4.79 Å². The van der Waals surface area contributed by atoms with Crippen LogP contribution in [0, 0.1) is 0 Å². The number of carbonyl (C=O) groups is 2. The molecule has 0 aliphatic carbocycles. The third-order valence-electron chi connectivity index (χ3n) is 4.27. The van der Waals surface area contributed by atoms with Crippen molar-refractivity contribution in [1.82, 2.24) is 0 Å². The number of rotatable bonds is 15. The average Bonchev–Trinajstić information content (AvgIpc) is 2.51. The molecule has 0 fully saturated rings. The van der Waals surface area contributed by atoms with E-state index in [1.807, 2.05) is 0 Å². The van der Waals surface area contributed by atoms with E-state index in [1.165, 1.54) is 44.9 Å². The van der Waals surface area contributed by atoms with Crippen molar-refractivity contribution < 1.29 is 54.5 Å². The number of carbonyl (C=O) groups excluding carboxylic acids is 2. The summed E-state index contributed by atoms with van der Waals surface area (Å²) in [7, 11) is 0. The number of aliphatic hydroxyl groups is 2. The first-order valence-electron chi connectivity index (χ1n) is 9.02. The van der Waals surface area contributed by atoms with Crippen molar-refractivity contribution in [2.24, 2.45) is 0 Å². The Hall–Kier alpha value is 0.0600. The van der Waals surface area contributed by atoms with Gasteiger partial charge in [0, 0.05) is 0 Å². The predicted molar refractivity (Wildman–Crippen MR) is 87.7 cm³/mol. The van der Waals surface area contributed by atoms with Gasteiger partial charge in [0.25, 0.3) is 0 Å². The fourth-order valence-electron chi connectivity index (χ4n) is 2.72. The fraction of sp³-hybridized carbons (Fsp3) is 0.889. The predicted octanol–water partition coefficient (Wildman–Crippen LogP) is -0.878. The Kier molecular flexibility index (Phi) is 16.8. The van der Waals surface area contributed by atoms with Gasteiger partial charge in [-0.2, -0.15) is 0 Å². The molecule has 24 heavy (non-hydrogen) atoms.